The number of halogens is 4. The van der Waals surface area contributed by atoms with Crippen molar-refractivity contribution in [1.29, 1.82) is 0 Å². The minimum atomic E-state index is -4.61. The number of benzene rings is 1. The number of fused-ring (bicyclic) bond motifs is 1. The van der Waals surface area contributed by atoms with E-state index in [2.05, 4.69) is 5.10 Å². The fourth-order valence-corrected chi connectivity index (χ4v) is 4.72. The highest BCUT2D eigenvalue weighted by Gasteiger charge is 2.47. The predicted octanol–water partition coefficient (Wildman–Crippen LogP) is 3.87. The molecule has 2 aliphatic rings. The standard InChI is InChI=1S/C22H23F4N3O3/c1-21(20(31)32)9-14(10-21)8-18(30)28-7-6-16-17(12-28)29(27-19(16)22(24,25)26)11-13-2-4-15(23)5-3-13/h2-5,14H,6-12H2,1H3,(H,31,32)/t14-,21-. The molecule has 1 aromatic carbocycles. The van der Waals surface area contributed by atoms with Gasteiger partial charge < -0.3 is 10.0 Å². The number of hydrogen-bond acceptors (Lipinski definition) is 3. The number of rotatable bonds is 5. The Morgan fingerprint density at radius 2 is 1.88 bits per heavy atom. The summed E-state index contributed by atoms with van der Waals surface area (Å²) in [6.07, 6.45) is -3.58. The molecule has 4 rings (SSSR count). The zero-order valence-electron chi connectivity index (χ0n) is 17.5. The summed E-state index contributed by atoms with van der Waals surface area (Å²) in [4.78, 5) is 25.5. The average molecular weight is 453 g/mol. The molecule has 0 radical (unpaired) electrons. The molecule has 10 heteroatoms. The smallest absolute Gasteiger partial charge is 0.435 e. The molecule has 0 spiro atoms. The maximum absolute atomic E-state index is 13.5. The average Bonchev–Trinajstić information content (AvgIpc) is 3.06. The van der Waals surface area contributed by atoms with E-state index < -0.39 is 29.1 Å². The highest BCUT2D eigenvalue weighted by Crippen LogP contribution is 2.47. The predicted molar refractivity (Wildman–Crippen MR) is 105 cm³/mol. The summed E-state index contributed by atoms with van der Waals surface area (Å²) >= 11 is 0. The van der Waals surface area contributed by atoms with Crippen molar-refractivity contribution < 1.29 is 32.3 Å². The van der Waals surface area contributed by atoms with E-state index in [9.17, 15) is 32.3 Å². The molecule has 1 N–H and O–H groups in total. The van der Waals surface area contributed by atoms with Crippen LogP contribution in [-0.2, 0) is 35.3 Å². The molecule has 6 nitrogen and oxygen atoms in total. The van der Waals surface area contributed by atoms with E-state index in [1.165, 1.54) is 33.8 Å². The number of aliphatic carboxylic acids is 1. The van der Waals surface area contributed by atoms with Crippen molar-refractivity contribution >= 4 is 11.9 Å². The van der Waals surface area contributed by atoms with Crippen LogP contribution in [0.1, 0.15) is 48.7 Å². The third kappa shape index (κ3) is 4.22. The van der Waals surface area contributed by atoms with Crippen LogP contribution < -0.4 is 0 Å². The third-order valence-corrected chi connectivity index (χ3v) is 6.46. The molecule has 32 heavy (non-hydrogen) atoms. The Labute approximate surface area is 181 Å². The van der Waals surface area contributed by atoms with E-state index in [1.54, 1.807) is 6.92 Å². The van der Waals surface area contributed by atoms with Gasteiger partial charge in [-0.05, 0) is 49.8 Å². The molecule has 0 saturated heterocycles. The van der Waals surface area contributed by atoms with Crippen LogP contribution in [0.4, 0.5) is 17.6 Å². The summed E-state index contributed by atoms with van der Waals surface area (Å²) in [5, 5.41) is 13.0. The van der Waals surface area contributed by atoms with Gasteiger partial charge in [-0.2, -0.15) is 18.3 Å². The van der Waals surface area contributed by atoms with Gasteiger partial charge in [-0.3, -0.25) is 14.3 Å². The highest BCUT2D eigenvalue weighted by molar-refractivity contribution is 5.79. The zero-order valence-corrected chi connectivity index (χ0v) is 17.5. The molecule has 2 heterocycles. The lowest BCUT2D eigenvalue weighted by molar-refractivity contribution is -0.158. The van der Waals surface area contributed by atoms with Crippen molar-refractivity contribution in [2.75, 3.05) is 6.54 Å². The number of carbonyl (C=O) groups is 2. The fourth-order valence-electron chi connectivity index (χ4n) is 4.72. The first-order valence-corrected chi connectivity index (χ1v) is 10.4. The molecular weight excluding hydrogens is 430 g/mol. The molecule has 1 aliphatic carbocycles. The largest absolute Gasteiger partial charge is 0.481 e. The van der Waals surface area contributed by atoms with Crippen molar-refractivity contribution in [2.45, 2.75) is 51.9 Å². The molecule has 0 bridgehead atoms. The Morgan fingerprint density at radius 1 is 1.22 bits per heavy atom. The van der Waals surface area contributed by atoms with Gasteiger partial charge in [0.2, 0.25) is 5.91 Å². The lowest BCUT2D eigenvalue weighted by atomic mass is 9.62. The van der Waals surface area contributed by atoms with Gasteiger partial charge in [0.15, 0.2) is 5.69 Å². The van der Waals surface area contributed by atoms with Crippen molar-refractivity contribution in [3.63, 3.8) is 0 Å². The van der Waals surface area contributed by atoms with Gasteiger partial charge in [0, 0.05) is 18.5 Å². The van der Waals surface area contributed by atoms with Crippen LogP contribution in [0, 0.1) is 17.2 Å². The summed E-state index contributed by atoms with van der Waals surface area (Å²) < 4.78 is 55.1. The monoisotopic (exact) mass is 453 g/mol. The fraction of sp³-hybridized carbons (Fsp3) is 0.500. The van der Waals surface area contributed by atoms with Gasteiger partial charge in [-0.1, -0.05) is 12.1 Å². The molecule has 1 amide bonds. The Morgan fingerprint density at radius 3 is 2.47 bits per heavy atom. The first kappa shape index (κ1) is 22.3. The van der Waals surface area contributed by atoms with Crippen LogP contribution in [0.25, 0.3) is 0 Å². The van der Waals surface area contributed by atoms with Crippen molar-refractivity contribution in [3.05, 3.63) is 52.6 Å². The van der Waals surface area contributed by atoms with E-state index in [0.29, 0.717) is 24.1 Å². The third-order valence-electron chi connectivity index (χ3n) is 6.46. The van der Waals surface area contributed by atoms with Gasteiger partial charge in [0.05, 0.1) is 24.2 Å². The minimum absolute atomic E-state index is 0.00135. The van der Waals surface area contributed by atoms with Crippen LogP contribution >= 0.6 is 0 Å². The van der Waals surface area contributed by atoms with Crippen molar-refractivity contribution in [1.82, 2.24) is 14.7 Å². The Kier molecular flexibility index (Phi) is 5.50. The number of carboxylic acid groups (broad SMARTS) is 1. The second-order valence-electron chi connectivity index (χ2n) is 8.97. The van der Waals surface area contributed by atoms with Gasteiger partial charge in [0.1, 0.15) is 5.82 Å². The molecule has 0 atom stereocenters. The lowest BCUT2D eigenvalue weighted by Crippen LogP contribution is -2.44. The second-order valence-corrected chi connectivity index (χ2v) is 8.97. The SMILES string of the molecule is C[C@]1(C(=O)O)C[C@H](CC(=O)N2CCc3c(C(F)(F)F)nn(Cc4ccc(F)cc4)c3C2)C1. The molecule has 1 aromatic heterocycles. The van der Waals surface area contributed by atoms with Crippen LogP contribution in [0.3, 0.4) is 0 Å². The maximum atomic E-state index is 13.5. The normalized spacial score (nSPS) is 22.9. The Hall–Kier alpha value is -2.91. The molecule has 1 saturated carbocycles. The minimum Gasteiger partial charge on any atom is -0.481 e. The molecule has 172 valence electrons. The first-order valence-electron chi connectivity index (χ1n) is 10.4. The number of amides is 1. The number of hydrogen-bond donors (Lipinski definition) is 1. The van der Waals surface area contributed by atoms with Crippen LogP contribution in [0.2, 0.25) is 0 Å². The van der Waals surface area contributed by atoms with Gasteiger partial charge in [0.25, 0.3) is 0 Å². The summed E-state index contributed by atoms with van der Waals surface area (Å²) in [5.74, 6) is -1.57. The second kappa shape index (κ2) is 7.90. The molecule has 1 aliphatic heterocycles. The Balaban J connectivity index is 1.52. The van der Waals surface area contributed by atoms with Gasteiger partial charge in [-0.25, -0.2) is 4.39 Å². The van der Waals surface area contributed by atoms with E-state index in [0.717, 1.165) is 0 Å². The van der Waals surface area contributed by atoms with Crippen LogP contribution in [0.15, 0.2) is 24.3 Å². The molecule has 1 fully saturated rings. The van der Waals surface area contributed by atoms with E-state index in [-0.39, 0.29) is 49.9 Å². The number of carbonyl (C=O) groups excluding carboxylic acids is 1. The molecule has 0 unspecified atom stereocenters. The summed E-state index contributed by atoms with van der Waals surface area (Å²) in [5.41, 5.74) is -0.750. The number of nitrogens with zero attached hydrogens (tertiary/aromatic N) is 3. The van der Waals surface area contributed by atoms with Crippen LogP contribution in [0.5, 0.6) is 0 Å². The maximum Gasteiger partial charge on any atom is 0.435 e. The topological polar surface area (TPSA) is 75.4 Å². The summed E-state index contributed by atoms with van der Waals surface area (Å²) in [6.45, 7) is 1.83. The van der Waals surface area contributed by atoms with Gasteiger partial charge >= 0.3 is 12.1 Å². The van der Waals surface area contributed by atoms with Gasteiger partial charge in [-0.15, -0.1) is 0 Å². The van der Waals surface area contributed by atoms with Crippen molar-refractivity contribution in [2.24, 2.45) is 11.3 Å². The number of aromatic nitrogens is 2. The number of alkyl halides is 3. The number of carboxylic acids is 1. The van der Waals surface area contributed by atoms with Crippen molar-refractivity contribution in [3.8, 4) is 0 Å². The van der Waals surface area contributed by atoms with E-state index in [4.69, 9.17) is 0 Å². The summed E-state index contributed by atoms with van der Waals surface area (Å²) in [7, 11) is 0. The lowest BCUT2D eigenvalue weighted by Gasteiger charge is -2.42. The molecular formula is C22H23F4N3O3. The van der Waals surface area contributed by atoms with E-state index in [1.807, 2.05) is 0 Å². The quantitative estimate of drug-likeness (QED) is 0.698. The first-order chi connectivity index (χ1) is 15.0. The summed E-state index contributed by atoms with van der Waals surface area (Å²) in [6, 6.07) is 5.43. The zero-order chi connectivity index (χ0) is 23.3. The Bertz CT molecular complexity index is 1040. The van der Waals surface area contributed by atoms with E-state index >= 15 is 0 Å². The van der Waals surface area contributed by atoms with Crippen LogP contribution in [-0.4, -0.2) is 38.2 Å². The molecule has 2 aromatic rings. The highest BCUT2D eigenvalue weighted by atomic mass is 19.4.